The summed E-state index contributed by atoms with van der Waals surface area (Å²) in [6.45, 7) is 0. The first-order chi connectivity index (χ1) is 9.08. The van der Waals surface area contributed by atoms with Crippen LogP contribution in [-0.2, 0) is 0 Å². The van der Waals surface area contributed by atoms with Crippen molar-refractivity contribution in [1.82, 2.24) is 0 Å². The number of halogens is 2. The molecule has 0 aliphatic rings. The van der Waals surface area contributed by atoms with Gasteiger partial charge in [0.15, 0.2) is 0 Å². The summed E-state index contributed by atoms with van der Waals surface area (Å²) in [7, 11) is 3.08. The Bertz CT molecular complexity index is 588. The molecule has 0 saturated heterocycles. The zero-order valence-corrected chi connectivity index (χ0v) is 12.8. The van der Waals surface area contributed by atoms with Gasteiger partial charge in [-0.05, 0) is 33.4 Å². The van der Waals surface area contributed by atoms with E-state index in [2.05, 4.69) is 15.9 Å². The number of benzene rings is 1. The van der Waals surface area contributed by atoms with Crippen molar-refractivity contribution >= 4 is 27.3 Å². The second-order valence-corrected chi connectivity index (χ2v) is 5.64. The van der Waals surface area contributed by atoms with Crippen molar-refractivity contribution < 1.29 is 13.9 Å². The van der Waals surface area contributed by atoms with Gasteiger partial charge in [-0.1, -0.05) is 0 Å². The van der Waals surface area contributed by atoms with Crippen LogP contribution in [0.2, 0.25) is 0 Å². The Labute approximate surface area is 123 Å². The van der Waals surface area contributed by atoms with Crippen LogP contribution in [0, 0.1) is 5.82 Å². The lowest BCUT2D eigenvalue weighted by Gasteiger charge is -2.16. The first kappa shape index (κ1) is 14.3. The zero-order valence-electron chi connectivity index (χ0n) is 10.4. The first-order valence-corrected chi connectivity index (χ1v) is 7.15. The fraction of sp³-hybridized carbons (Fsp3) is 0.231. The summed E-state index contributed by atoms with van der Waals surface area (Å²) in [6, 6.07) is 4.38. The molecule has 0 aliphatic heterocycles. The molecule has 19 heavy (non-hydrogen) atoms. The Morgan fingerprint density at radius 1 is 1.26 bits per heavy atom. The minimum absolute atomic E-state index is 0.356. The lowest BCUT2D eigenvalue weighted by atomic mass is 10.0. The summed E-state index contributed by atoms with van der Waals surface area (Å²) >= 11 is 4.65. The summed E-state index contributed by atoms with van der Waals surface area (Å²) in [6.07, 6.45) is 0. The van der Waals surface area contributed by atoms with Crippen molar-refractivity contribution in [2.24, 2.45) is 5.73 Å². The maximum absolute atomic E-state index is 13.5. The van der Waals surface area contributed by atoms with E-state index in [1.54, 1.807) is 13.2 Å². The standard InChI is InChI=1S/C13H13BrFNO2S/c1-17-10-3-4-19-13(10)12(16)7-5-8(14)9(15)6-11(7)18-2/h3-6,12H,16H2,1-2H3. The molecule has 1 aromatic heterocycles. The van der Waals surface area contributed by atoms with Crippen LogP contribution in [-0.4, -0.2) is 14.2 Å². The van der Waals surface area contributed by atoms with Crippen LogP contribution in [0.3, 0.4) is 0 Å². The number of thiophene rings is 1. The van der Waals surface area contributed by atoms with Gasteiger partial charge in [0, 0.05) is 11.6 Å². The van der Waals surface area contributed by atoms with E-state index in [1.807, 2.05) is 11.4 Å². The van der Waals surface area contributed by atoms with E-state index < -0.39 is 6.04 Å². The molecular formula is C13H13BrFNO2S. The molecule has 0 radical (unpaired) electrons. The van der Waals surface area contributed by atoms with Gasteiger partial charge in [0.1, 0.15) is 17.3 Å². The summed E-state index contributed by atoms with van der Waals surface area (Å²) in [5.74, 6) is 0.759. The molecule has 0 spiro atoms. The van der Waals surface area contributed by atoms with Gasteiger partial charge in [0.2, 0.25) is 0 Å². The van der Waals surface area contributed by atoms with E-state index in [0.29, 0.717) is 15.8 Å². The average Bonchev–Trinajstić information content (AvgIpc) is 2.88. The lowest BCUT2D eigenvalue weighted by Crippen LogP contribution is -2.13. The second-order valence-electron chi connectivity index (χ2n) is 3.84. The van der Waals surface area contributed by atoms with Gasteiger partial charge in [-0.2, -0.15) is 0 Å². The zero-order chi connectivity index (χ0) is 14.0. The monoisotopic (exact) mass is 345 g/mol. The highest BCUT2D eigenvalue weighted by Crippen LogP contribution is 2.38. The van der Waals surface area contributed by atoms with Gasteiger partial charge >= 0.3 is 0 Å². The van der Waals surface area contributed by atoms with Gasteiger partial charge in [-0.25, -0.2) is 4.39 Å². The van der Waals surface area contributed by atoms with E-state index in [1.165, 1.54) is 24.5 Å². The first-order valence-electron chi connectivity index (χ1n) is 5.48. The SMILES string of the molecule is COc1cc(F)c(Br)cc1C(N)c1sccc1OC. The number of hydrogen-bond acceptors (Lipinski definition) is 4. The van der Waals surface area contributed by atoms with Crippen molar-refractivity contribution in [3.63, 3.8) is 0 Å². The van der Waals surface area contributed by atoms with Crippen LogP contribution >= 0.6 is 27.3 Å². The lowest BCUT2D eigenvalue weighted by molar-refractivity contribution is 0.399. The summed E-state index contributed by atoms with van der Waals surface area (Å²) in [4.78, 5) is 0.874. The predicted octanol–water partition coefficient (Wildman–Crippen LogP) is 3.72. The van der Waals surface area contributed by atoms with Crippen molar-refractivity contribution in [3.8, 4) is 11.5 Å². The molecule has 3 nitrogen and oxygen atoms in total. The maximum atomic E-state index is 13.5. The normalized spacial score (nSPS) is 12.3. The fourth-order valence-electron chi connectivity index (χ4n) is 1.81. The second kappa shape index (κ2) is 5.90. The van der Waals surface area contributed by atoms with Gasteiger partial charge in [0.25, 0.3) is 0 Å². The number of nitrogens with two attached hydrogens (primary N) is 1. The van der Waals surface area contributed by atoms with Crippen LogP contribution in [0.4, 0.5) is 4.39 Å². The molecule has 6 heteroatoms. The Balaban J connectivity index is 2.49. The van der Waals surface area contributed by atoms with Crippen LogP contribution in [0.1, 0.15) is 16.5 Å². The van der Waals surface area contributed by atoms with Crippen molar-refractivity contribution in [1.29, 1.82) is 0 Å². The number of methoxy groups -OCH3 is 2. The molecule has 0 fully saturated rings. The fourth-order valence-corrected chi connectivity index (χ4v) is 3.05. The Hall–Kier alpha value is -1.11. The molecule has 1 heterocycles. The molecule has 2 N–H and O–H groups in total. The molecule has 0 aliphatic carbocycles. The molecular weight excluding hydrogens is 333 g/mol. The Morgan fingerprint density at radius 3 is 2.58 bits per heavy atom. The summed E-state index contributed by atoms with van der Waals surface area (Å²) in [5.41, 5.74) is 6.94. The molecule has 102 valence electrons. The third kappa shape index (κ3) is 2.75. The minimum atomic E-state index is -0.429. The minimum Gasteiger partial charge on any atom is -0.496 e. The summed E-state index contributed by atoms with van der Waals surface area (Å²) < 4.78 is 24.3. The van der Waals surface area contributed by atoms with Crippen molar-refractivity contribution in [3.05, 3.63) is 44.3 Å². The smallest absolute Gasteiger partial charge is 0.141 e. The largest absolute Gasteiger partial charge is 0.496 e. The maximum Gasteiger partial charge on any atom is 0.141 e. The van der Waals surface area contributed by atoms with Crippen LogP contribution < -0.4 is 15.2 Å². The van der Waals surface area contributed by atoms with Crippen LogP contribution in [0.25, 0.3) is 0 Å². The highest BCUT2D eigenvalue weighted by atomic mass is 79.9. The molecule has 1 aromatic carbocycles. The Morgan fingerprint density at radius 2 is 1.95 bits per heavy atom. The molecule has 0 saturated carbocycles. The molecule has 1 atom stereocenters. The number of hydrogen-bond donors (Lipinski definition) is 1. The molecule has 2 rings (SSSR count). The van der Waals surface area contributed by atoms with Crippen LogP contribution in [0.5, 0.6) is 11.5 Å². The van der Waals surface area contributed by atoms with E-state index in [9.17, 15) is 4.39 Å². The third-order valence-corrected chi connectivity index (χ3v) is 4.36. The topological polar surface area (TPSA) is 44.5 Å². The highest BCUT2D eigenvalue weighted by molar-refractivity contribution is 9.10. The number of rotatable bonds is 4. The molecule has 0 bridgehead atoms. The van der Waals surface area contributed by atoms with Crippen molar-refractivity contribution in [2.45, 2.75) is 6.04 Å². The average molecular weight is 346 g/mol. The van der Waals surface area contributed by atoms with Gasteiger partial charge in [-0.15, -0.1) is 11.3 Å². The van der Waals surface area contributed by atoms with E-state index in [-0.39, 0.29) is 5.82 Å². The van der Waals surface area contributed by atoms with E-state index >= 15 is 0 Å². The van der Waals surface area contributed by atoms with Gasteiger partial charge < -0.3 is 15.2 Å². The number of ether oxygens (including phenoxy) is 2. The summed E-state index contributed by atoms with van der Waals surface area (Å²) in [5, 5.41) is 1.90. The van der Waals surface area contributed by atoms with Crippen molar-refractivity contribution in [2.75, 3.05) is 14.2 Å². The van der Waals surface area contributed by atoms with Gasteiger partial charge in [-0.3, -0.25) is 0 Å². The van der Waals surface area contributed by atoms with Gasteiger partial charge in [0.05, 0.1) is 29.6 Å². The molecule has 2 aromatic rings. The highest BCUT2D eigenvalue weighted by Gasteiger charge is 2.21. The molecule has 0 amide bonds. The quantitative estimate of drug-likeness (QED) is 0.918. The predicted molar refractivity (Wildman–Crippen MR) is 77.6 cm³/mol. The Kier molecular flexibility index (Phi) is 4.44. The van der Waals surface area contributed by atoms with E-state index in [0.717, 1.165) is 10.6 Å². The third-order valence-electron chi connectivity index (χ3n) is 2.77. The molecule has 1 unspecified atom stereocenters. The van der Waals surface area contributed by atoms with E-state index in [4.69, 9.17) is 15.2 Å². The van der Waals surface area contributed by atoms with Crippen LogP contribution in [0.15, 0.2) is 28.1 Å².